The number of rotatable bonds is 4. The van der Waals surface area contributed by atoms with Crippen LogP contribution in [0.4, 0.5) is 4.39 Å². The summed E-state index contributed by atoms with van der Waals surface area (Å²) >= 11 is 5.91. The minimum atomic E-state index is -1.48. The van der Waals surface area contributed by atoms with Crippen LogP contribution in [0.3, 0.4) is 0 Å². The minimum Gasteiger partial charge on any atom is -0.367 e. The highest BCUT2D eigenvalue weighted by Crippen LogP contribution is 2.24. The maximum Gasteiger partial charge on any atom is 0.252 e. The zero-order chi connectivity index (χ0) is 16.3. The number of aromatic nitrogens is 1. The summed E-state index contributed by atoms with van der Waals surface area (Å²) in [5.41, 5.74) is 4.40. The molecule has 0 radical (unpaired) electrons. The number of hydrogen-bond acceptors (Lipinski definition) is 3. The molecule has 0 spiro atoms. The van der Waals surface area contributed by atoms with Gasteiger partial charge in [-0.25, -0.2) is 4.98 Å². The van der Waals surface area contributed by atoms with Crippen LogP contribution in [0, 0.1) is 5.95 Å². The molecule has 22 heavy (non-hydrogen) atoms. The van der Waals surface area contributed by atoms with Crippen molar-refractivity contribution in [3.63, 3.8) is 0 Å². The lowest BCUT2D eigenvalue weighted by Gasteiger charge is -2.28. The lowest BCUT2D eigenvalue weighted by molar-refractivity contribution is -0.123. The molecule has 114 valence electrons. The second-order valence-electron chi connectivity index (χ2n) is 4.82. The van der Waals surface area contributed by atoms with Gasteiger partial charge in [-0.3, -0.25) is 9.59 Å². The molecule has 0 fully saturated rings. The molecule has 1 aromatic heterocycles. The Morgan fingerprint density at radius 1 is 1.32 bits per heavy atom. The van der Waals surface area contributed by atoms with Gasteiger partial charge in [0.1, 0.15) is 5.54 Å². The van der Waals surface area contributed by atoms with E-state index in [1.165, 1.54) is 19.1 Å². The van der Waals surface area contributed by atoms with Gasteiger partial charge in [-0.15, -0.1) is 0 Å². The molecule has 0 aliphatic heterocycles. The molecular weight excluding hydrogens is 309 g/mol. The van der Waals surface area contributed by atoms with Gasteiger partial charge in [0.2, 0.25) is 11.9 Å². The molecule has 1 atom stereocenters. The van der Waals surface area contributed by atoms with Gasteiger partial charge in [0, 0.05) is 22.8 Å². The number of hydrogen-bond donors (Lipinski definition) is 2. The molecule has 0 aliphatic rings. The molecule has 0 unspecified atom stereocenters. The number of nitrogens with two attached hydrogens (primary N) is 1. The quantitative estimate of drug-likeness (QED) is 0.845. The summed E-state index contributed by atoms with van der Waals surface area (Å²) in [6, 6.07) is 8.71. The van der Waals surface area contributed by atoms with Crippen molar-refractivity contribution in [1.82, 2.24) is 10.3 Å². The van der Waals surface area contributed by atoms with Crippen LogP contribution >= 0.6 is 11.6 Å². The fourth-order valence-electron chi connectivity index (χ4n) is 1.92. The molecule has 3 N–H and O–H groups in total. The van der Waals surface area contributed by atoms with Gasteiger partial charge in [0.15, 0.2) is 0 Å². The summed E-state index contributed by atoms with van der Waals surface area (Å²) in [5, 5.41) is 2.91. The minimum absolute atomic E-state index is 0.0296. The highest BCUT2D eigenvalue weighted by Gasteiger charge is 2.35. The Morgan fingerprint density at radius 2 is 2.05 bits per heavy atom. The Kier molecular flexibility index (Phi) is 4.42. The van der Waals surface area contributed by atoms with Crippen molar-refractivity contribution in [2.24, 2.45) is 5.73 Å². The molecule has 0 saturated heterocycles. The smallest absolute Gasteiger partial charge is 0.252 e. The van der Waals surface area contributed by atoms with Crippen molar-refractivity contribution in [2.45, 2.75) is 12.5 Å². The van der Waals surface area contributed by atoms with Crippen molar-refractivity contribution in [3.8, 4) is 0 Å². The fraction of sp³-hybridized carbons (Fsp3) is 0.133. The van der Waals surface area contributed by atoms with Crippen LogP contribution in [-0.4, -0.2) is 16.8 Å². The summed E-state index contributed by atoms with van der Waals surface area (Å²) in [7, 11) is 0. The molecule has 0 saturated carbocycles. The third kappa shape index (κ3) is 3.23. The standard InChI is InChI=1S/C15H13ClFN3O2/c1-15(14(18)22,10-3-2-4-11(16)8-10)20-13(21)9-5-6-19-12(17)7-9/h2-8H,1H3,(H2,18,22)(H,20,21)/t15-/m1/s1. The molecule has 5 nitrogen and oxygen atoms in total. The lowest BCUT2D eigenvalue weighted by atomic mass is 9.91. The van der Waals surface area contributed by atoms with Crippen LogP contribution in [0.1, 0.15) is 22.8 Å². The number of carbonyl (C=O) groups excluding carboxylic acids is 2. The van der Waals surface area contributed by atoms with Crippen molar-refractivity contribution in [3.05, 3.63) is 64.7 Å². The van der Waals surface area contributed by atoms with Gasteiger partial charge in [-0.05, 0) is 30.7 Å². The summed E-state index contributed by atoms with van der Waals surface area (Å²) in [5.74, 6) is -2.21. The van der Waals surface area contributed by atoms with E-state index in [9.17, 15) is 14.0 Å². The first-order chi connectivity index (χ1) is 10.3. The predicted molar refractivity (Wildman–Crippen MR) is 79.7 cm³/mol. The van der Waals surface area contributed by atoms with E-state index in [1.807, 2.05) is 0 Å². The van der Waals surface area contributed by atoms with Gasteiger partial charge in [0.05, 0.1) is 0 Å². The Morgan fingerprint density at radius 3 is 2.64 bits per heavy atom. The molecule has 2 amide bonds. The highest BCUT2D eigenvalue weighted by molar-refractivity contribution is 6.30. The molecule has 1 aromatic carbocycles. The zero-order valence-electron chi connectivity index (χ0n) is 11.6. The number of halogens is 2. The molecule has 2 aromatic rings. The molecule has 2 rings (SSSR count). The average Bonchev–Trinajstić information content (AvgIpc) is 2.46. The Hall–Kier alpha value is -2.47. The zero-order valence-corrected chi connectivity index (χ0v) is 12.4. The van der Waals surface area contributed by atoms with Gasteiger partial charge in [-0.2, -0.15) is 4.39 Å². The topological polar surface area (TPSA) is 85.1 Å². The summed E-state index contributed by atoms with van der Waals surface area (Å²) < 4.78 is 13.1. The van der Waals surface area contributed by atoms with Crippen LogP contribution in [0.5, 0.6) is 0 Å². The van der Waals surface area contributed by atoms with Gasteiger partial charge >= 0.3 is 0 Å². The largest absolute Gasteiger partial charge is 0.367 e. The van der Waals surface area contributed by atoms with Crippen molar-refractivity contribution in [2.75, 3.05) is 0 Å². The van der Waals surface area contributed by atoms with E-state index in [0.717, 1.165) is 12.3 Å². The Labute approximate surface area is 131 Å². The molecular formula is C15H13ClFN3O2. The monoisotopic (exact) mass is 321 g/mol. The van der Waals surface area contributed by atoms with E-state index in [0.29, 0.717) is 10.6 Å². The van der Waals surface area contributed by atoms with Crippen LogP contribution in [-0.2, 0) is 10.3 Å². The van der Waals surface area contributed by atoms with Crippen LogP contribution in [0.25, 0.3) is 0 Å². The van der Waals surface area contributed by atoms with E-state index in [4.69, 9.17) is 17.3 Å². The number of pyridine rings is 1. The summed E-state index contributed by atoms with van der Waals surface area (Å²) in [4.78, 5) is 27.4. The normalized spacial score (nSPS) is 13.2. The first-order valence-electron chi connectivity index (χ1n) is 6.33. The third-order valence-electron chi connectivity index (χ3n) is 3.25. The van der Waals surface area contributed by atoms with E-state index in [1.54, 1.807) is 18.2 Å². The van der Waals surface area contributed by atoms with Crippen molar-refractivity contribution in [1.29, 1.82) is 0 Å². The van der Waals surface area contributed by atoms with E-state index in [2.05, 4.69) is 10.3 Å². The van der Waals surface area contributed by atoms with Gasteiger partial charge in [-0.1, -0.05) is 23.7 Å². The third-order valence-corrected chi connectivity index (χ3v) is 3.48. The number of nitrogens with zero attached hydrogens (tertiary/aromatic N) is 1. The molecule has 1 heterocycles. The lowest BCUT2D eigenvalue weighted by Crippen LogP contribution is -2.52. The number of amides is 2. The average molecular weight is 322 g/mol. The van der Waals surface area contributed by atoms with E-state index in [-0.39, 0.29) is 5.56 Å². The van der Waals surface area contributed by atoms with Crippen LogP contribution in [0.15, 0.2) is 42.6 Å². The van der Waals surface area contributed by atoms with Gasteiger partial charge in [0.25, 0.3) is 5.91 Å². The molecule has 0 bridgehead atoms. The van der Waals surface area contributed by atoms with Crippen LogP contribution in [0.2, 0.25) is 5.02 Å². The molecule has 7 heteroatoms. The first-order valence-corrected chi connectivity index (χ1v) is 6.71. The van der Waals surface area contributed by atoms with Crippen LogP contribution < -0.4 is 11.1 Å². The second-order valence-corrected chi connectivity index (χ2v) is 5.26. The predicted octanol–water partition coefficient (Wildman–Crippen LogP) is 2.00. The highest BCUT2D eigenvalue weighted by atomic mass is 35.5. The fourth-order valence-corrected chi connectivity index (χ4v) is 2.11. The van der Waals surface area contributed by atoms with Gasteiger partial charge < -0.3 is 11.1 Å². The first kappa shape index (κ1) is 15.9. The number of primary amides is 1. The maximum absolute atomic E-state index is 13.1. The Balaban J connectivity index is 2.37. The maximum atomic E-state index is 13.1. The van der Waals surface area contributed by atoms with Crippen molar-refractivity contribution >= 4 is 23.4 Å². The van der Waals surface area contributed by atoms with E-state index >= 15 is 0 Å². The molecule has 0 aliphatic carbocycles. The number of benzene rings is 1. The summed E-state index contributed by atoms with van der Waals surface area (Å²) in [6.07, 6.45) is 1.16. The SMILES string of the molecule is C[C@](NC(=O)c1ccnc(F)c1)(C(N)=O)c1cccc(Cl)c1. The number of nitrogens with one attached hydrogen (secondary N) is 1. The summed E-state index contributed by atoms with van der Waals surface area (Å²) in [6.45, 7) is 1.45. The van der Waals surface area contributed by atoms with E-state index < -0.39 is 23.3 Å². The Bertz CT molecular complexity index is 738. The number of carbonyl (C=O) groups is 2. The second kappa shape index (κ2) is 6.11. The van der Waals surface area contributed by atoms with Crippen molar-refractivity contribution < 1.29 is 14.0 Å².